The van der Waals surface area contributed by atoms with Crippen molar-refractivity contribution in [3.8, 4) is 11.3 Å². The highest BCUT2D eigenvalue weighted by atomic mass is 32.2. The molecule has 0 aliphatic carbocycles. The lowest BCUT2D eigenvalue weighted by Gasteiger charge is -2.13. The molecular formula is C21H23N3O6S. The van der Waals surface area contributed by atoms with Crippen molar-refractivity contribution < 1.29 is 28.2 Å². The Bertz CT molecular complexity index is 1100. The fourth-order valence-electron chi connectivity index (χ4n) is 2.68. The van der Waals surface area contributed by atoms with E-state index in [1.807, 2.05) is 43.4 Å². The molecule has 0 fully saturated rings. The minimum absolute atomic E-state index is 0.257. The van der Waals surface area contributed by atoms with E-state index in [2.05, 4.69) is 10.6 Å². The monoisotopic (exact) mass is 445 g/mol. The number of rotatable bonds is 7. The van der Waals surface area contributed by atoms with Crippen molar-refractivity contribution in [2.75, 3.05) is 13.6 Å². The molecule has 0 amide bonds. The average Bonchev–Trinajstić information content (AvgIpc) is 3.19. The largest absolute Gasteiger partial charge is 0.478 e. The second-order valence-electron chi connectivity index (χ2n) is 6.30. The second kappa shape index (κ2) is 11.0. The van der Waals surface area contributed by atoms with Crippen molar-refractivity contribution in [1.82, 2.24) is 14.6 Å². The first kappa shape index (κ1) is 23.6. The predicted octanol–water partition coefficient (Wildman–Crippen LogP) is 1.76. The van der Waals surface area contributed by atoms with Gasteiger partial charge in [-0.25, -0.2) is 22.0 Å². The molecule has 2 aromatic rings. The fourth-order valence-corrected chi connectivity index (χ4v) is 4.10. The molecule has 10 heteroatoms. The van der Waals surface area contributed by atoms with Gasteiger partial charge in [-0.3, -0.25) is 0 Å². The molecular weight excluding hydrogens is 422 g/mol. The Kier molecular flexibility index (Phi) is 8.35. The Hall–Kier alpha value is -3.63. The number of hydrogen-bond donors (Lipinski definition) is 4. The lowest BCUT2D eigenvalue weighted by molar-refractivity contribution is -0.134. The number of carboxylic acid groups (broad SMARTS) is 2. The molecule has 0 saturated carbocycles. The Morgan fingerprint density at radius 1 is 1.16 bits per heavy atom. The zero-order chi connectivity index (χ0) is 22.9. The highest BCUT2D eigenvalue weighted by Gasteiger charge is 2.23. The van der Waals surface area contributed by atoms with Crippen molar-refractivity contribution in [1.29, 1.82) is 0 Å². The Balaban J connectivity index is 0.000000366. The minimum Gasteiger partial charge on any atom is -0.478 e. The highest BCUT2D eigenvalue weighted by Crippen LogP contribution is 2.27. The lowest BCUT2D eigenvalue weighted by atomic mass is 10.1. The molecule has 1 aromatic carbocycles. The van der Waals surface area contributed by atoms with Crippen LogP contribution in [0.3, 0.4) is 0 Å². The van der Waals surface area contributed by atoms with Gasteiger partial charge in [0.2, 0.25) is 0 Å². The summed E-state index contributed by atoms with van der Waals surface area (Å²) in [4.78, 5) is 19.4. The van der Waals surface area contributed by atoms with Crippen molar-refractivity contribution in [2.45, 2.75) is 6.54 Å². The molecule has 2 heterocycles. The van der Waals surface area contributed by atoms with Crippen LogP contribution in [0.25, 0.3) is 11.3 Å². The maximum Gasteiger partial charge on any atom is 0.328 e. The number of nitrogens with one attached hydrogen (secondary N) is 2. The van der Waals surface area contributed by atoms with Crippen molar-refractivity contribution in [3.05, 3.63) is 83.6 Å². The number of aromatic nitrogens is 1. The first-order valence-corrected chi connectivity index (χ1v) is 10.6. The van der Waals surface area contributed by atoms with E-state index in [4.69, 9.17) is 10.2 Å². The third-order valence-electron chi connectivity index (χ3n) is 3.98. The van der Waals surface area contributed by atoms with E-state index in [-0.39, 0.29) is 4.91 Å². The molecule has 4 N–H and O–H groups in total. The van der Waals surface area contributed by atoms with Crippen LogP contribution in [-0.4, -0.2) is 48.1 Å². The lowest BCUT2D eigenvalue weighted by Crippen LogP contribution is -2.19. The molecule has 0 radical (unpaired) electrons. The smallest absolute Gasteiger partial charge is 0.328 e. The molecule has 0 bridgehead atoms. The number of dihydropyridines is 1. The van der Waals surface area contributed by atoms with Gasteiger partial charge in [0.25, 0.3) is 10.0 Å². The van der Waals surface area contributed by atoms with Crippen LogP contribution < -0.4 is 10.6 Å². The molecule has 164 valence electrons. The Labute approximate surface area is 180 Å². The average molecular weight is 445 g/mol. The van der Waals surface area contributed by atoms with Gasteiger partial charge in [-0.2, -0.15) is 0 Å². The van der Waals surface area contributed by atoms with Crippen LogP contribution in [0.5, 0.6) is 0 Å². The molecule has 1 aliphatic rings. The van der Waals surface area contributed by atoms with Crippen LogP contribution in [0, 0.1) is 0 Å². The fraction of sp³-hybridized carbons (Fsp3) is 0.143. The zero-order valence-corrected chi connectivity index (χ0v) is 17.5. The van der Waals surface area contributed by atoms with E-state index >= 15 is 0 Å². The number of hydrogen-bond acceptors (Lipinski definition) is 6. The molecule has 1 aromatic heterocycles. The number of nitrogens with zero attached hydrogens (tertiary/aromatic N) is 1. The summed E-state index contributed by atoms with van der Waals surface area (Å²) in [5.41, 5.74) is 2.45. The van der Waals surface area contributed by atoms with E-state index in [9.17, 15) is 18.0 Å². The molecule has 0 atom stereocenters. The van der Waals surface area contributed by atoms with Gasteiger partial charge in [-0.1, -0.05) is 36.4 Å². The third-order valence-corrected chi connectivity index (χ3v) is 5.65. The molecule has 0 saturated heterocycles. The number of carboxylic acids is 2. The summed E-state index contributed by atoms with van der Waals surface area (Å²) >= 11 is 0. The summed E-state index contributed by atoms with van der Waals surface area (Å²) in [5, 5.41) is 21.6. The number of benzene rings is 1. The molecule has 31 heavy (non-hydrogen) atoms. The number of aliphatic carboxylic acids is 2. The number of carbonyl (C=O) groups is 2. The molecule has 0 spiro atoms. The zero-order valence-electron chi connectivity index (χ0n) is 16.7. The third kappa shape index (κ3) is 6.69. The van der Waals surface area contributed by atoms with Gasteiger partial charge in [0.05, 0.1) is 5.69 Å². The van der Waals surface area contributed by atoms with Gasteiger partial charge >= 0.3 is 11.9 Å². The quantitative estimate of drug-likeness (QED) is 0.473. The van der Waals surface area contributed by atoms with Crippen LogP contribution in [0.15, 0.2) is 78.0 Å². The summed E-state index contributed by atoms with van der Waals surface area (Å²) < 4.78 is 27.3. The van der Waals surface area contributed by atoms with Crippen molar-refractivity contribution in [3.63, 3.8) is 0 Å². The van der Waals surface area contributed by atoms with Gasteiger partial charge in [0.1, 0.15) is 4.91 Å². The van der Waals surface area contributed by atoms with Crippen molar-refractivity contribution in [2.24, 2.45) is 0 Å². The van der Waals surface area contributed by atoms with Gasteiger partial charge in [0, 0.05) is 37.6 Å². The Morgan fingerprint density at radius 2 is 1.81 bits per heavy atom. The summed E-state index contributed by atoms with van der Waals surface area (Å²) in [6.45, 7) is 1.25. The second-order valence-corrected chi connectivity index (χ2v) is 8.11. The molecule has 9 nitrogen and oxygen atoms in total. The summed E-state index contributed by atoms with van der Waals surface area (Å²) in [6, 6.07) is 11.4. The first-order chi connectivity index (χ1) is 14.8. The van der Waals surface area contributed by atoms with Gasteiger partial charge in [0.15, 0.2) is 0 Å². The van der Waals surface area contributed by atoms with E-state index in [0.29, 0.717) is 30.9 Å². The molecule has 3 rings (SSSR count). The van der Waals surface area contributed by atoms with E-state index in [1.165, 1.54) is 3.97 Å². The van der Waals surface area contributed by atoms with E-state index in [1.54, 1.807) is 24.5 Å². The van der Waals surface area contributed by atoms with Crippen LogP contribution in [-0.2, 0) is 26.2 Å². The maximum atomic E-state index is 13.0. The SMILES string of the molecule is CNCc1cc(-c2ccccc2)n(S(=O)(=O)C2=CNCC=C2)c1.O=C(O)/C=C/C(=O)O. The highest BCUT2D eigenvalue weighted by molar-refractivity contribution is 7.94. The van der Waals surface area contributed by atoms with Gasteiger partial charge in [-0.15, -0.1) is 0 Å². The van der Waals surface area contributed by atoms with Crippen LogP contribution >= 0.6 is 0 Å². The van der Waals surface area contributed by atoms with Crippen LogP contribution in [0.4, 0.5) is 0 Å². The molecule has 0 unspecified atom stereocenters. The Morgan fingerprint density at radius 3 is 2.32 bits per heavy atom. The first-order valence-electron chi connectivity index (χ1n) is 9.16. The molecule has 1 aliphatic heterocycles. The van der Waals surface area contributed by atoms with Crippen molar-refractivity contribution >= 4 is 22.0 Å². The summed E-state index contributed by atoms with van der Waals surface area (Å²) in [6.07, 6.45) is 7.77. The normalized spacial score (nSPS) is 13.1. The standard InChI is InChI=1S/C17H19N3O2S.C4H4O4/c1-18-11-14-10-17(15-6-3-2-4-7-15)20(13-14)23(21,22)16-8-5-9-19-12-16;5-3(6)1-2-4(7)8/h2-8,10,12-13,18-19H,9,11H2,1H3;1-2H,(H,5,6)(H,7,8)/b;2-1+. The minimum atomic E-state index is -3.64. The van der Waals surface area contributed by atoms with E-state index < -0.39 is 22.0 Å². The maximum absolute atomic E-state index is 13.0. The van der Waals surface area contributed by atoms with Gasteiger partial charge in [-0.05, 0) is 30.3 Å². The van der Waals surface area contributed by atoms with E-state index in [0.717, 1.165) is 11.1 Å². The predicted molar refractivity (Wildman–Crippen MR) is 117 cm³/mol. The van der Waals surface area contributed by atoms with Crippen LogP contribution in [0.2, 0.25) is 0 Å². The summed E-state index contributed by atoms with van der Waals surface area (Å²) in [7, 11) is -1.80. The topological polar surface area (TPSA) is 138 Å². The summed E-state index contributed by atoms with van der Waals surface area (Å²) in [5.74, 6) is -2.51. The van der Waals surface area contributed by atoms with Crippen LogP contribution in [0.1, 0.15) is 5.56 Å². The number of allylic oxidation sites excluding steroid dienone is 1. The van der Waals surface area contributed by atoms with Gasteiger partial charge < -0.3 is 20.8 Å².